The van der Waals surface area contributed by atoms with Gasteiger partial charge in [-0.3, -0.25) is 24.1 Å². The van der Waals surface area contributed by atoms with E-state index in [-0.39, 0.29) is 31.5 Å². The molecular formula is C22H26N2O5. The molecule has 3 aliphatic rings. The molecule has 0 bridgehead atoms. The van der Waals surface area contributed by atoms with Gasteiger partial charge in [-0.2, -0.15) is 0 Å². The molecule has 0 radical (unpaired) electrons. The standard InChI is InChI=1S/C22H26N2O5/c25-19(23-12-5-7-15-6-1-4-10-18(15)23)14-29-20(26)11-13-24-21(27)16-8-2-3-9-17(16)22(24)28/h2-3,8-9,15,18H,1,4-7,10-14H2/t15-,18-/m1/s1. The predicted octanol–water partition coefficient (Wildman–Crippen LogP) is 2.40. The molecule has 154 valence electrons. The van der Waals surface area contributed by atoms with Gasteiger partial charge in [-0.05, 0) is 43.7 Å². The van der Waals surface area contributed by atoms with Gasteiger partial charge in [0.2, 0.25) is 0 Å². The van der Waals surface area contributed by atoms with Gasteiger partial charge in [0.05, 0.1) is 17.5 Å². The number of carbonyl (C=O) groups excluding carboxylic acids is 4. The summed E-state index contributed by atoms with van der Waals surface area (Å²) in [6.45, 7) is 0.407. The lowest BCUT2D eigenvalue weighted by Crippen LogP contribution is -2.50. The average molecular weight is 398 g/mol. The number of rotatable bonds is 5. The van der Waals surface area contributed by atoms with Crippen LogP contribution in [-0.4, -0.2) is 59.2 Å². The average Bonchev–Trinajstić information content (AvgIpc) is 3.00. The molecule has 2 fully saturated rings. The maximum Gasteiger partial charge on any atom is 0.308 e. The maximum atomic E-state index is 12.6. The third-order valence-corrected chi connectivity index (χ3v) is 6.34. The highest BCUT2D eigenvalue weighted by Crippen LogP contribution is 2.35. The van der Waals surface area contributed by atoms with Gasteiger partial charge in [0.25, 0.3) is 17.7 Å². The number of imide groups is 1. The van der Waals surface area contributed by atoms with Crippen LogP contribution in [0.3, 0.4) is 0 Å². The normalized spacial score (nSPS) is 23.6. The Hall–Kier alpha value is -2.70. The molecule has 2 aliphatic heterocycles. The lowest BCUT2D eigenvalue weighted by molar-refractivity contribution is -0.155. The Morgan fingerprint density at radius 2 is 1.62 bits per heavy atom. The molecule has 0 aromatic heterocycles. The second-order valence-corrected chi connectivity index (χ2v) is 8.06. The number of benzene rings is 1. The minimum atomic E-state index is -0.577. The van der Waals surface area contributed by atoms with Gasteiger partial charge >= 0.3 is 5.97 Å². The van der Waals surface area contributed by atoms with E-state index in [2.05, 4.69) is 0 Å². The maximum absolute atomic E-state index is 12.6. The van der Waals surface area contributed by atoms with Crippen LogP contribution in [0.5, 0.6) is 0 Å². The Bertz CT molecular complexity index is 799. The lowest BCUT2D eigenvalue weighted by atomic mass is 9.78. The van der Waals surface area contributed by atoms with E-state index in [0.29, 0.717) is 17.0 Å². The van der Waals surface area contributed by atoms with Gasteiger partial charge in [0, 0.05) is 19.1 Å². The summed E-state index contributed by atoms with van der Waals surface area (Å²) in [5.41, 5.74) is 0.710. The number of amides is 3. The van der Waals surface area contributed by atoms with Crippen LogP contribution in [0.25, 0.3) is 0 Å². The van der Waals surface area contributed by atoms with Crippen molar-refractivity contribution < 1.29 is 23.9 Å². The molecule has 0 spiro atoms. The summed E-state index contributed by atoms with van der Waals surface area (Å²) in [5.74, 6) is -0.939. The highest BCUT2D eigenvalue weighted by Gasteiger charge is 2.37. The SMILES string of the molecule is O=C(CCN1C(=O)c2ccccc2C1=O)OCC(=O)N1CCC[C@H]2CCCC[C@H]21. The Labute approximate surface area is 170 Å². The fourth-order valence-electron chi connectivity index (χ4n) is 4.88. The van der Waals surface area contributed by atoms with Crippen molar-refractivity contribution >= 4 is 23.7 Å². The van der Waals surface area contributed by atoms with Crippen molar-refractivity contribution in [2.75, 3.05) is 19.7 Å². The summed E-state index contributed by atoms with van der Waals surface area (Å²) in [7, 11) is 0. The van der Waals surface area contributed by atoms with Crippen LogP contribution in [0.15, 0.2) is 24.3 Å². The van der Waals surface area contributed by atoms with Crippen LogP contribution in [0, 0.1) is 5.92 Å². The van der Waals surface area contributed by atoms with Crippen molar-refractivity contribution in [2.45, 2.75) is 51.0 Å². The summed E-state index contributed by atoms with van der Waals surface area (Å²) in [5, 5.41) is 0. The van der Waals surface area contributed by atoms with Crippen molar-refractivity contribution in [3.8, 4) is 0 Å². The molecule has 29 heavy (non-hydrogen) atoms. The van der Waals surface area contributed by atoms with Crippen LogP contribution < -0.4 is 0 Å². The summed E-state index contributed by atoms with van der Waals surface area (Å²) in [4.78, 5) is 52.3. The number of esters is 1. The molecule has 1 saturated carbocycles. The molecule has 1 aromatic rings. The third-order valence-electron chi connectivity index (χ3n) is 6.34. The molecule has 7 nitrogen and oxygen atoms in total. The number of hydrogen-bond acceptors (Lipinski definition) is 5. The first-order valence-corrected chi connectivity index (χ1v) is 10.5. The first-order valence-electron chi connectivity index (χ1n) is 10.5. The van der Waals surface area contributed by atoms with Crippen molar-refractivity contribution in [1.82, 2.24) is 9.80 Å². The van der Waals surface area contributed by atoms with Gasteiger partial charge in [-0.25, -0.2) is 0 Å². The highest BCUT2D eigenvalue weighted by molar-refractivity contribution is 6.21. The van der Waals surface area contributed by atoms with Crippen molar-refractivity contribution in [3.05, 3.63) is 35.4 Å². The third kappa shape index (κ3) is 3.91. The van der Waals surface area contributed by atoms with Gasteiger partial charge in [-0.1, -0.05) is 25.0 Å². The quantitative estimate of drug-likeness (QED) is 0.562. The number of piperidine rings is 1. The molecule has 3 amide bonds. The van der Waals surface area contributed by atoms with E-state index in [1.54, 1.807) is 24.3 Å². The van der Waals surface area contributed by atoms with Gasteiger partial charge in [0.1, 0.15) is 0 Å². The van der Waals surface area contributed by atoms with Gasteiger partial charge in [-0.15, -0.1) is 0 Å². The molecular weight excluding hydrogens is 372 g/mol. The highest BCUT2D eigenvalue weighted by atomic mass is 16.5. The Morgan fingerprint density at radius 1 is 0.966 bits per heavy atom. The van der Waals surface area contributed by atoms with E-state index in [0.717, 1.165) is 30.7 Å². The fourth-order valence-corrected chi connectivity index (χ4v) is 4.88. The van der Waals surface area contributed by atoms with Gasteiger partial charge in [0.15, 0.2) is 6.61 Å². The summed E-state index contributed by atoms with van der Waals surface area (Å²) >= 11 is 0. The smallest absolute Gasteiger partial charge is 0.308 e. The van der Waals surface area contributed by atoms with Crippen LogP contribution in [0.2, 0.25) is 0 Å². The molecule has 1 aromatic carbocycles. The molecule has 7 heteroatoms. The monoisotopic (exact) mass is 398 g/mol. The molecule has 0 unspecified atom stereocenters. The van der Waals surface area contributed by atoms with E-state index in [1.807, 2.05) is 4.90 Å². The van der Waals surface area contributed by atoms with Crippen LogP contribution in [0.1, 0.15) is 65.7 Å². The number of ether oxygens (including phenoxy) is 1. The molecule has 4 rings (SSSR count). The first kappa shape index (κ1) is 19.6. The lowest BCUT2D eigenvalue weighted by Gasteiger charge is -2.44. The molecule has 1 aliphatic carbocycles. The number of fused-ring (bicyclic) bond motifs is 2. The van der Waals surface area contributed by atoms with Crippen LogP contribution in [-0.2, 0) is 14.3 Å². The Kier molecular flexibility index (Phi) is 5.65. The Balaban J connectivity index is 1.26. The number of likely N-dealkylation sites (tertiary alicyclic amines) is 1. The number of hydrogen-bond donors (Lipinski definition) is 0. The molecule has 2 heterocycles. The minimum absolute atomic E-state index is 0.0478. The second-order valence-electron chi connectivity index (χ2n) is 8.06. The fraction of sp³-hybridized carbons (Fsp3) is 0.545. The van der Waals surface area contributed by atoms with E-state index in [9.17, 15) is 19.2 Å². The summed E-state index contributed by atoms with van der Waals surface area (Å²) in [6.07, 6.45) is 6.64. The topological polar surface area (TPSA) is 84.0 Å². The second kappa shape index (κ2) is 8.35. The van der Waals surface area contributed by atoms with Crippen molar-refractivity contribution in [2.24, 2.45) is 5.92 Å². The van der Waals surface area contributed by atoms with Crippen molar-refractivity contribution in [3.63, 3.8) is 0 Å². The molecule has 0 N–H and O–H groups in total. The summed E-state index contributed by atoms with van der Waals surface area (Å²) < 4.78 is 5.16. The largest absolute Gasteiger partial charge is 0.456 e. The van der Waals surface area contributed by atoms with Gasteiger partial charge < -0.3 is 9.64 Å². The molecule has 1 saturated heterocycles. The zero-order chi connectivity index (χ0) is 20.4. The Morgan fingerprint density at radius 3 is 2.34 bits per heavy atom. The predicted molar refractivity (Wildman–Crippen MR) is 104 cm³/mol. The van der Waals surface area contributed by atoms with E-state index >= 15 is 0 Å². The zero-order valence-electron chi connectivity index (χ0n) is 16.5. The zero-order valence-corrected chi connectivity index (χ0v) is 16.5. The minimum Gasteiger partial charge on any atom is -0.456 e. The van der Waals surface area contributed by atoms with E-state index in [4.69, 9.17) is 4.74 Å². The van der Waals surface area contributed by atoms with Crippen LogP contribution >= 0.6 is 0 Å². The number of carbonyl (C=O) groups is 4. The van der Waals surface area contributed by atoms with Crippen molar-refractivity contribution in [1.29, 1.82) is 0 Å². The summed E-state index contributed by atoms with van der Waals surface area (Å²) in [6, 6.07) is 6.88. The molecule has 2 atom stereocenters. The first-order chi connectivity index (χ1) is 14.1. The van der Waals surface area contributed by atoms with Crippen LogP contribution in [0.4, 0.5) is 0 Å². The van der Waals surface area contributed by atoms with E-state index < -0.39 is 17.8 Å². The number of nitrogens with zero attached hydrogens (tertiary/aromatic N) is 2. The van der Waals surface area contributed by atoms with E-state index in [1.165, 1.54) is 19.3 Å².